The molecule has 14 heteroatoms. The van der Waals surface area contributed by atoms with Crippen LogP contribution in [0.5, 0.6) is 5.88 Å². The third kappa shape index (κ3) is 10.5. The monoisotopic (exact) mass is 636 g/mol. The van der Waals surface area contributed by atoms with Crippen molar-refractivity contribution in [2.24, 2.45) is 11.8 Å². The lowest BCUT2D eigenvalue weighted by molar-refractivity contribution is -0.139. The van der Waals surface area contributed by atoms with Gasteiger partial charge in [0.25, 0.3) is 5.56 Å². The molecule has 2 fully saturated rings. The molecule has 2 aromatic heterocycles. The van der Waals surface area contributed by atoms with Gasteiger partial charge in [0.15, 0.2) is 0 Å². The molecular weight excluding hydrogens is 593 g/mol. The first-order valence-corrected chi connectivity index (χ1v) is 18.1. The zero-order valence-electron chi connectivity index (χ0n) is 25.8. The van der Waals surface area contributed by atoms with E-state index in [-0.39, 0.29) is 35.2 Å². The van der Waals surface area contributed by atoms with E-state index in [1.807, 2.05) is 0 Å². The summed E-state index contributed by atoms with van der Waals surface area (Å²) in [6, 6.07) is 0. The van der Waals surface area contributed by atoms with Crippen molar-refractivity contribution in [3.63, 3.8) is 0 Å². The Morgan fingerprint density at radius 3 is 2.10 bits per heavy atom. The molecule has 42 heavy (non-hydrogen) atoms. The van der Waals surface area contributed by atoms with E-state index >= 15 is 0 Å². The number of ether oxygens (including phenoxy) is 2. The Kier molecular flexibility index (Phi) is 12.8. The van der Waals surface area contributed by atoms with Crippen LogP contribution in [0.15, 0.2) is 22.0 Å². The first-order chi connectivity index (χ1) is 19.4. The molecule has 0 bridgehead atoms. The maximum atomic E-state index is 12.6. The average Bonchev–Trinajstić information content (AvgIpc) is 3.40. The van der Waals surface area contributed by atoms with Crippen molar-refractivity contribution in [1.82, 2.24) is 19.5 Å². The van der Waals surface area contributed by atoms with Gasteiger partial charge in [-0.2, -0.15) is 18.2 Å². The van der Waals surface area contributed by atoms with Crippen LogP contribution in [0, 0.1) is 25.7 Å². The van der Waals surface area contributed by atoms with E-state index in [1.165, 1.54) is 11.5 Å². The Balaban J connectivity index is 0.000000230. The van der Waals surface area contributed by atoms with Gasteiger partial charge in [-0.05, 0) is 71.0 Å². The number of aromatic nitrogens is 4. The fraction of sp³-hybridized carbons (Fsp3) is 0.714. The smallest absolute Gasteiger partial charge is 0.423 e. The molecule has 4 rings (SSSR count). The van der Waals surface area contributed by atoms with Gasteiger partial charge in [-0.1, -0.05) is 39.3 Å². The third-order valence-electron chi connectivity index (χ3n) is 6.90. The van der Waals surface area contributed by atoms with Gasteiger partial charge < -0.3 is 13.9 Å². The van der Waals surface area contributed by atoms with Crippen molar-refractivity contribution in [1.29, 1.82) is 0 Å². The molecule has 6 atom stereocenters. The Labute approximate surface area is 251 Å². The number of nitrogens with one attached hydrogen (secondary N) is 1. The zero-order chi connectivity index (χ0) is 32.0. The Morgan fingerprint density at radius 2 is 1.64 bits per heavy atom. The van der Waals surface area contributed by atoms with E-state index in [0.717, 1.165) is 31.9 Å². The molecule has 0 spiro atoms. The average molecular weight is 637 g/mol. The van der Waals surface area contributed by atoms with Gasteiger partial charge in [-0.3, -0.25) is 14.3 Å². The zero-order valence-corrected chi connectivity index (χ0v) is 27.6. The molecule has 2 aromatic rings. The van der Waals surface area contributed by atoms with Gasteiger partial charge >= 0.3 is 11.9 Å². The summed E-state index contributed by atoms with van der Waals surface area (Å²) in [6.45, 7) is 17.1. The van der Waals surface area contributed by atoms with Gasteiger partial charge in [0.05, 0.1) is 12.2 Å². The number of aryl methyl sites for hydroxylation is 2. The van der Waals surface area contributed by atoms with Crippen LogP contribution >= 0.6 is 11.6 Å². The number of aromatic amines is 1. The fourth-order valence-corrected chi connectivity index (χ4v) is 5.82. The molecule has 0 aromatic carbocycles. The van der Waals surface area contributed by atoms with Crippen molar-refractivity contribution in [2.75, 3.05) is 0 Å². The number of nitrogens with zero attached hydrogens (tertiary/aromatic N) is 3. The van der Waals surface area contributed by atoms with Crippen LogP contribution in [0.25, 0.3) is 0 Å². The summed E-state index contributed by atoms with van der Waals surface area (Å²) in [5, 5.41) is 0. The molecule has 2 aliphatic rings. The summed E-state index contributed by atoms with van der Waals surface area (Å²) in [7, 11) is -2.12. The largest absolute Gasteiger partial charge is 0.531 e. The van der Waals surface area contributed by atoms with Crippen molar-refractivity contribution in [3.8, 4) is 5.88 Å². The summed E-state index contributed by atoms with van der Waals surface area (Å²) in [4.78, 5) is 32.5. The first kappa shape index (κ1) is 36.0. The summed E-state index contributed by atoms with van der Waals surface area (Å²) >= 11 is 5.76. The molecule has 0 saturated carbocycles. The van der Waals surface area contributed by atoms with Crippen LogP contribution < -0.4 is 15.7 Å². The molecule has 9 nitrogen and oxygen atoms in total. The highest BCUT2D eigenvalue weighted by molar-refractivity contribution is 6.70. The lowest BCUT2D eigenvalue weighted by atomic mass is 10.0. The highest BCUT2D eigenvalue weighted by Gasteiger charge is 2.37. The Morgan fingerprint density at radius 1 is 1.07 bits per heavy atom. The second-order valence-electron chi connectivity index (χ2n) is 11.8. The predicted molar refractivity (Wildman–Crippen MR) is 158 cm³/mol. The van der Waals surface area contributed by atoms with E-state index in [2.05, 4.69) is 42.6 Å². The molecular formula is C28H44ClF3N4O5Si. The van der Waals surface area contributed by atoms with E-state index in [4.69, 9.17) is 25.5 Å². The van der Waals surface area contributed by atoms with E-state index in [0.29, 0.717) is 23.5 Å². The van der Waals surface area contributed by atoms with Crippen LogP contribution in [0.1, 0.15) is 76.6 Å². The van der Waals surface area contributed by atoms with Gasteiger partial charge in [0, 0.05) is 18.0 Å². The number of H-pyrrole nitrogens is 1. The summed E-state index contributed by atoms with van der Waals surface area (Å²) in [5.41, 5.74) is -1.13. The fourth-order valence-electron chi connectivity index (χ4n) is 4.67. The molecule has 2 aliphatic heterocycles. The highest BCUT2D eigenvalue weighted by atomic mass is 35.5. The number of halogens is 4. The molecule has 2 saturated heterocycles. The molecule has 0 radical (unpaired) electrons. The number of alkyl halides is 4. The minimum atomic E-state index is -4.48. The topological polar surface area (TPSA) is 108 Å². The first-order valence-electron chi connectivity index (χ1n) is 14.2. The number of hydrogen-bond acceptors (Lipinski definition) is 7. The van der Waals surface area contributed by atoms with E-state index in [9.17, 15) is 22.8 Å². The lowest BCUT2D eigenvalue weighted by Gasteiger charge is -2.21. The Hall–Kier alpha value is -2.22. The Bertz CT molecular complexity index is 1280. The maximum Gasteiger partial charge on any atom is 0.423 e. The van der Waals surface area contributed by atoms with Crippen LogP contribution in [-0.2, 0) is 15.7 Å². The normalized spacial score (nSPS) is 25.7. The molecule has 0 aliphatic carbocycles. The minimum Gasteiger partial charge on any atom is -0.531 e. The summed E-state index contributed by atoms with van der Waals surface area (Å²) < 4.78 is 55.8. The number of rotatable bonds is 5. The van der Waals surface area contributed by atoms with Crippen molar-refractivity contribution in [3.05, 3.63) is 50.2 Å². The van der Waals surface area contributed by atoms with Gasteiger partial charge in [-0.25, -0.2) is 9.78 Å². The van der Waals surface area contributed by atoms with Crippen molar-refractivity contribution >= 4 is 19.9 Å². The summed E-state index contributed by atoms with van der Waals surface area (Å²) in [5.74, 6) is 0.988. The number of hydrogen-bond donors (Lipinski definition) is 1. The van der Waals surface area contributed by atoms with Crippen LogP contribution in [0.4, 0.5) is 13.2 Å². The quantitative estimate of drug-likeness (QED) is 0.292. The molecule has 238 valence electrons. The van der Waals surface area contributed by atoms with Crippen LogP contribution in [0.3, 0.4) is 0 Å². The second kappa shape index (κ2) is 15.0. The molecule has 1 N–H and O–H groups in total. The van der Waals surface area contributed by atoms with Crippen molar-refractivity contribution in [2.45, 2.75) is 117 Å². The lowest BCUT2D eigenvalue weighted by Crippen LogP contribution is -2.33. The third-order valence-corrected chi connectivity index (χ3v) is 7.98. The molecule has 0 amide bonds. The van der Waals surface area contributed by atoms with Gasteiger partial charge in [0.2, 0.25) is 14.2 Å². The minimum absolute atomic E-state index is 0.0232. The van der Waals surface area contributed by atoms with Crippen LogP contribution in [-0.4, -0.2) is 45.6 Å². The van der Waals surface area contributed by atoms with E-state index in [1.54, 1.807) is 32.8 Å². The summed E-state index contributed by atoms with van der Waals surface area (Å²) in [6.07, 6.45) is 2.06. The molecule has 1 unspecified atom stereocenters. The maximum absolute atomic E-state index is 12.6. The van der Waals surface area contributed by atoms with Crippen LogP contribution in [0.2, 0.25) is 19.6 Å². The van der Waals surface area contributed by atoms with Crippen molar-refractivity contribution < 1.29 is 27.1 Å². The predicted octanol–water partition coefficient (Wildman–Crippen LogP) is 6.58. The standard InChI is InChI=1S/C12H18N2O3.C9H13F3N2OSi.C7H13ClO/c1-4-9-7(2)5-10(17-9)14-6-8(3)11(15)13-12(14)16;1-6-13-5-7(9(10,11)12)8(14-6)15-16(2,3)4;1-3-6-5(2)4-7(8)9-6/h6-7,9-10H,4-5H2,1-3H3,(H,13,15,16);5H,1-4H3;5-7H,3-4H2,1-2H3/t7-,9-,10-;;5-,6-,7?/m1.1/s1. The second-order valence-corrected chi connectivity index (χ2v) is 16.7. The molecule has 4 heterocycles. The SMILES string of the molecule is CC[C@H]1OC(Cl)C[C@H]1C.CC[C@H]1O[C@@H](n2cc(C)c(=O)[nH]c2=O)C[C@H]1C.Cc1ncc(C(F)(F)F)c(O[Si](C)(C)C)n1. The van der Waals surface area contributed by atoms with Gasteiger partial charge in [0.1, 0.15) is 23.2 Å². The van der Waals surface area contributed by atoms with E-state index < -0.39 is 25.7 Å². The van der Waals surface area contributed by atoms with Gasteiger partial charge in [-0.15, -0.1) is 0 Å². The highest BCUT2D eigenvalue weighted by Crippen LogP contribution is 2.36.